The molecule has 0 saturated carbocycles. The van der Waals surface area contributed by atoms with E-state index in [0.29, 0.717) is 35.3 Å². The van der Waals surface area contributed by atoms with E-state index < -0.39 is 6.61 Å². The number of anilines is 2. The van der Waals surface area contributed by atoms with Crippen LogP contribution in [0.2, 0.25) is 0 Å². The Kier molecular flexibility index (Phi) is 4.84. The molecule has 2 N–H and O–H groups in total. The molecule has 0 bridgehead atoms. The van der Waals surface area contributed by atoms with E-state index in [4.69, 9.17) is 4.74 Å². The average molecular weight is 379 g/mol. The molecule has 0 amide bonds. The molecule has 0 unspecified atom stereocenters. The summed E-state index contributed by atoms with van der Waals surface area (Å²) in [7, 11) is 0. The van der Waals surface area contributed by atoms with Crippen molar-refractivity contribution in [3.05, 3.63) is 18.5 Å². The van der Waals surface area contributed by atoms with Crippen LogP contribution in [0.1, 0.15) is 25.8 Å². The molecule has 1 saturated heterocycles. The van der Waals surface area contributed by atoms with E-state index in [-0.39, 0.29) is 11.9 Å². The highest BCUT2D eigenvalue weighted by molar-refractivity contribution is 5.72. The number of hydrogen-bond donors (Lipinski definition) is 2. The first kappa shape index (κ1) is 17.6. The Morgan fingerprint density at radius 3 is 3.04 bits per heavy atom. The Bertz CT molecular complexity index is 907. The summed E-state index contributed by atoms with van der Waals surface area (Å²) >= 11 is 0. The summed E-state index contributed by atoms with van der Waals surface area (Å²) in [6.07, 6.45) is 5.32. The van der Waals surface area contributed by atoms with Crippen LogP contribution >= 0.6 is 0 Å². The number of H-pyrrole nitrogens is 1. The molecule has 0 aromatic carbocycles. The Morgan fingerprint density at radius 2 is 2.26 bits per heavy atom. The predicted octanol–water partition coefficient (Wildman–Crippen LogP) is 2.88. The van der Waals surface area contributed by atoms with Crippen LogP contribution < -0.4 is 10.1 Å². The van der Waals surface area contributed by atoms with Gasteiger partial charge in [0.05, 0.1) is 25.0 Å². The number of alkyl halides is 2. The fraction of sp³-hybridized carbons (Fsp3) is 0.500. The Labute approximate surface area is 153 Å². The Hall–Kier alpha value is -2.82. The molecular weight excluding hydrogens is 360 g/mol. The number of hydrogen-bond acceptors (Lipinski definition) is 7. The van der Waals surface area contributed by atoms with Crippen molar-refractivity contribution in [2.24, 2.45) is 5.92 Å². The molecule has 1 aliphatic heterocycles. The number of aromatic nitrogens is 6. The fourth-order valence-corrected chi connectivity index (χ4v) is 3.18. The second-order valence-electron chi connectivity index (χ2n) is 6.39. The summed E-state index contributed by atoms with van der Waals surface area (Å²) in [6, 6.07) is 1.43. The van der Waals surface area contributed by atoms with Crippen molar-refractivity contribution in [1.29, 1.82) is 0 Å². The Morgan fingerprint density at radius 1 is 1.37 bits per heavy atom. The van der Waals surface area contributed by atoms with Gasteiger partial charge in [-0.15, -0.1) is 0 Å². The van der Waals surface area contributed by atoms with Crippen LogP contribution in [-0.2, 0) is 4.74 Å². The van der Waals surface area contributed by atoms with Gasteiger partial charge in [0.15, 0.2) is 17.3 Å². The third-order valence-corrected chi connectivity index (χ3v) is 4.59. The summed E-state index contributed by atoms with van der Waals surface area (Å²) in [5.74, 6) is 0.934. The zero-order valence-electron chi connectivity index (χ0n) is 14.6. The van der Waals surface area contributed by atoms with E-state index in [1.165, 1.54) is 12.3 Å². The zero-order valence-corrected chi connectivity index (χ0v) is 14.6. The minimum Gasteiger partial charge on any atom is -0.417 e. The van der Waals surface area contributed by atoms with Gasteiger partial charge in [0.25, 0.3) is 0 Å². The predicted molar refractivity (Wildman–Crippen MR) is 92.1 cm³/mol. The first-order valence-corrected chi connectivity index (χ1v) is 8.65. The number of fused-ring (bicyclic) bond motifs is 1. The molecule has 4 rings (SSSR count). The third kappa shape index (κ3) is 3.82. The Balaban J connectivity index is 1.55. The van der Waals surface area contributed by atoms with Gasteiger partial charge in [-0.25, -0.2) is 19.7 Å². The van der Waals surface area contributed by atoms with Crippen LogP contribution in [0.25, 0.3) is 11.2 Å². The number of rotatable bonds is 6. The molecule has 11 heteroatoms. The first-order chi connectivity index (χ1) is 13.1. The van der Waals surface area contributed by atoms with Crippen molar-refractivity contribution >= 4 is 22.8 Å². The molecule has 2 atom stereocenters. The van der Waals surface area contributed by atoms with E-state index in [1.54, 1.807) is 6.20 Å². The largest absolute Gasteiger partial charge is 0.417 e. The van der Waals surface area contributed by atoms with E-state index in [2.05, 4.69) is 42.2 Å². The van der Waals surface area contributed by atoms with Crippen molar-refractivity contribution in [2.45, 2.75) is 32.4 Å². The minimum atomic E-state index is -2.92. The number of nitrogens with zero attached hydrogens (tertiary/aromatic N) is 5. The molecule has 0 spiro atoms. The standard InChI is InChI=1S/C16H19F2N7O2/c1-9(10-3-2-4-26-8-10)25-15-11(6-20-25)19-7-13(22-15)21-12-5-14(24-23-12)27-16(17)18/h5-7,9-10,16H,2-4,8H2,1H3,(H2,21,22,23,24)/t9-,10-/m0/s1. The topological polar surface area (TPSA) is 103 Å². The van der Waals surface area contributed by atoms with E-state index in [9.17, 15) is 8.78 Å². The maximum Gasteiger partial charge on any atom is 0.388 e. The van der Waals surface area contributed by atoms with Gasteiger partial charge in [0.1, 0.15) is 5.52 Å². The van der Waals surface area contributed by atoms with E-state index in [1.807, 2.05) is 4.68 Å². The summed E-state index contributed by atoms with van der Waals surface area (Å²) < 4.78 is 36.2. The van der Waals surface area contributed by atoms with Crippen LogP contribution in [0.3, 0.4) is 0 Å². The quantitative estimate of drug-likeness (QED) is 0.679. The number of halogens is 2. The molecule has 1 aliphatic rings. The van der Waals surface area contributed by atoms with Gasteiger partial charge in [-0.05, 0) is 19.8 Å². The van der Waals surface area contributed by atoms with Gasteiger partial charge in [-0.3, -0.25) is 0 Å². The maximum absolute atomic E-state index is 12.2. The SMILES string of the molecule is C[C@@H]([C@H]1CCCOC1)n1ncc2ncc(Nc3cc(OC(F)F)[nH]n3)nc21. The van der Waals surface area contributed by atoms with Crippen LogP contribution in [0.5, 0.6) is 5.88 Å². The lowest BCUT2D eigenvalue weighted by molar-refractivity contribution is -0.0528. The lowest BCUT2D eigenvalue weighted by atomic mass is 9.95. The van der Waals surface area contributed by atoms with Crippen molar-refractivity contribution in [1.82, 2.24) is 29.9 Å². The van der Waals surface area contributed by atoms with Crippen molar-refractivity contribution in [2.75, 3.05) is 18.5 Å². The minimum absolute atomic E-state index is 0.115. The maximum atomic E-state index is 12.2. The van der Waals surface area contributed by atoms with Gasteiger partial charge >= 0.3 is 6.61 Å². The second-order valence-corrected chi connectivity index (χ2v) is 6.39. The normalized spacial score (nSPS) is 18.7. The number of nitrogens with one attached hydrogen (secondary N) is 2. The molecule has 9 nitrogen and oxygen atoms in total. The summed E-state index contributed by atoms with van der Waals surface area (Å²) in [4.78, 5) is 8.91. The molecule has 0 radical (unpaired) electrons. The van der Waals surface area contributed by atoms with Crippen LogP contribution in [0, 0.1) is 5.92 Å². The lowest BCUT2D eigenvalue weighted by Crippen LogP contribution is -2.26. The summed E-state index contributed by atoms with van der Waals surface area (Å²) in [5, 5.41) is 13.6. The second kappa shape index (κ2) is 7.43. The van der Waals surface area contributed by atoms with Crippen LogP contribution in [-0.4, -0.2) is 49.8 Å². The van der Waals surface area contributed by atoms with E-state index in [0.717, 1.165) is 19.4 Å². The monoisotopic (exact) mass is 379 g/mol. The van der Waals surface area contributed by atoms with Crippen molar-refractivity contribution in [3.8, 4) is 5.88 Å². The number of aromatic amines is 1. The molecule has 3 aromatic heterocycles. The molecule has 27 heavy (non-hydrogen) atoms. The number of ether oxygens (including phenoxy) is 2. The highest BCUT2D eigenvalue weighted by Crippen LogP contribution is 2.28. The van der Waals surface area contributed by atoms with Crippen molar-refractivity contribution in [3.63, 3.8) is 0 Å². The summed E-state index contributed by atoms with van der Waals surface area (Å²) in [6.45, 7) is 0.676. The molecule has 4 heterocycles. The van der Waals surface area contributed by atoms with Gasteiger partial charge in [-0.2, -0.15) is 19.0 Å². The van der Waals surface area contributed by atoms with Gasteiger partial charge < -0.3 is 14.8 Å². The highest BCUT2D eigenvalue weighted by atomic mass is 19.3. The molecule has 3 aromatic rings. The highest BCUT2D eigenvalue weighted by Gasteiger charge is 2.24. The lowest BCUT2D eigenvalue weighted by Gasteiger charge is -2.27. The van der Waals surface area contributed by atoms with Crippen molar-refractivity contribution < 1.29 is 18.3 Å². The first-order valence-electron chi connectivity index (χ1n) is 8.65. The average Bonchev–Trinajstić information content (AvgIpc) is 3.28. The molecule has 0 aliphatic carbocycles. The van der Waals surface area contributed by atoms with Crippen LogP contribution in [0.4, 0.5) is 20.4 Å². The summed E-state index contributed by atoms with van der Waals surface area (Å²) in [5.41, 5.74) is 1.31. The fourth-order valence-electron chi connectivity index (χ4n) is 3.18. The zero-order chi connectivity index (χ0) is 18.8. The molecule has 1 fully saturated rings. The molecular formula is C16H19F2N7O2. The van der Waals surface area contributed by atoms with Crippen LogP contribution in [0.15, 0.2) is 18.5 Å². The van der Waals surface area contributed by atoms with Gasteiger partial charge in [0.2, 0.25) is 5.88 Å². The van der Waals surface area contributed by atoms with Gasteiger partial charge in [0, 0.05) is 18.6 Å². The molecule has 144 valence electrons. The van der Waals surface area contributed by atoms with Gasteiger partial charge in [-0.1, -0.05) is 0 Å². The third-order valence-electron chi connectivity index (χ3n) is 4.59. The van der Waals surface area contributed by atoms with E-state index >= 15 is 0 Å². The smallest absolute Gasteiger partial charge is 0.388 e.